The zero-order valence-corrected chi connectivity index (χ0v) is 19.4. The summed E-state index contributed by atoms with van der Waals surface area (Å²) in [5.41, 5.74) is 3.62. The number of carbonyl (C=O) groups excluding carboxylic acids is 1. The molecule has 2 aromatic heterocycles. The Morgan fingerprint density at radius 3 is 2.76 bits per heavy atom. The first-order chi connectivity index (χ1) is 15.9. The van der Waals surface area contributed by atoms with Crippen molar-refractivity contribution in [2.75, 3.05) is 25.3 Å². The maximum absolute atomic E-state index is 12.6. The minimum absolute atomic E-state index is 0.0341. The van der Waals surface area contributed by atoms with E-state index >= 15 is 0 Å². The Balaban J connectivity index is 1.57. The van der Waals surface area contributed by atoms with Crippen LogP contribution in [0.15, 0.2) is 52.5 Å². The zero-order chi connectivity index (χ0) is 23.5. The summed E-state index contributed by atoms with van der Waals surface area (Å²) in [6, 6.07) is 11.0. The van der Waals surface area contributed by atoms with Crippen LogP contribution in [-0.2, 0) is 4.79 Å². The lowest BCUT2D eigenvalue weighted by molar-refractivity contribution is -0.113. The molecule has 2 heterocycles. The van der Waals surface area contributed by atoms with Crippen LogP contribution in [0.5, 0.6) is 11.5 Å². The third-order valence-corrected chi connectivity index (χ3v) is 6.11. The second-order valence-corrected chi connectivity index (χ2v) is 8.25. The maximum atomic E-state index is 12.6. The number of nitrogens with one attached hydrogen (secondary N) is 2. The van der Waals surface area contributed by atoms with Crippen LogP contribution in [0.25, 0.3) is 16.7 Å². The van der Waals surface area contributed by atoms with Crippen molar-refractivity contribution in [3.63, 3.8) is 0 Å². The van der Waals surface area contributed by atoms with Crippen LogP contribution in [0.2, 0.25) is 0 Å². The molecule has 0 fully saturated rings. The number of anilines is 1. The number of thioether (sulfide) groups is 1. The summed E-state index contributed by atoms with van der Waals surface area (Å²) in [6.07, 6.45) is 1.50. The quantitative estimate of drug-likeness (QED) is 0.318. The predicted molar refractivity (Wildman–Crippen MR) is 128 cm³/mol. The summed E-state index contributed by atoms with van der Waals surface area (Å²) in [6.45, 7) is 4.01. The number of benzene rings is 2. The Kier molecular flexibility index (Phi) is 6.36. The number of aromatic nitrogens is 4. The van der Waals surface area contributed by atoms with Gasteiger partial charge in [0, 0.05) is 6.07 Å². The highest BCUT2D eigenvalue weighted by atomic mass is 32.2. The summed E-state index contributed by atoms with van der Waals surface area (Å²) in [7, 11) is 3.07. The molecule has 9 nitrogen and oxygen atoms in total. The lowest BCUT2D eigenvalue weighted by Crippen LogP contribution is -2.16. The number of amides is 1. The van der Waals surface area contributed by atoms with Crippen LogP contribution in [0.4, 0.5) is 5.69 Å². The van der Waals surface area contributed by atoms with E-state index in [1.165, 1.54) is 13.3 Å². The Labute approximate surface area is 194 Å². The van der Waals surface area contributed by atoms with E-state index in [1.54, 1.807) is 30.0 Å². The number of nitrogens with zero attached hydrogens (tertiary/aromatic N) is 3. The van der Waals surface area contributed by atoms with Crippen LogP contribution >= 0.6 is 11.8 Å². The first-order valence-corrected chi connectivity index (χ1v) is 11.1. The van der Waals surface area contributed by atoms with E-state index in [4.69, 9.17) is 9.47 Å². The molecule has 2 aromatic carbocycles. The summed E-state index contributed by atoms with van der Waals surface area (Å²) in [5.74, 6) is 0.860. The standard InChI is InChI=1S/C23H23N5O4S/c1-13-6-5-7-18(14(13)2)28-21-16(11-24-28)22(30)27-23(26-21)33-12-20(29)25-17-10-15(31-3)8-9-19(17)32-4/h5-11H,12H2,1-4H3,(H,25,29)(H,26,27,30). The molecule has 4 rings (SSSR count). The van der Waals surface area contributed by atoms with Gasteiger partial charge in [0.1, 0.15) is 16.9 Å². The molecule has 4 aromatic rings. The van der Waals surface area contributed by atoms with Gasteiger partial charge in [0.2, 0.25) is 5.91 Å². The molecule has 0 radical (unpaired) electrons. The highest BCUT2D eigenvalue weighted by Crippen LogP contribution is 2.29. The Hall–Kier alpha value is -3.79. The SMILES string of the molecule is COc1ccc(OC)c(NC(=O)CSc2nc3c(cnn3-c3cccc(C)c3C)c(=O)[nH]2)c1. The molecule has 0 unspecified atom stereocenters. The average Bonchev–Trinajstić information content (AvgIpc) is 3.24. The highest BCUT2D eigenvalue weighted by Gasteiger charge is 2.15. The number of ether oxygens (including phenoxy) is 2. The van der Waals surface area contributed by atoms with E-state index in [1.807, 2.05) is 32.0 Å². The van der Waals surface area contributed by atoms with E-state index in [-0.39, 0.29) is 17.2 Å². The van der Waals surface area contributed by atoms with Crippen molar-refractivity contribution in [1.29, 1.82) is 0 Å². The van der Waals surface area contributed by atoms with Crippen LogP contribution in [0, 0.1) is 13.8 Å². The number of aromatic amines is 1. The molecule has 0 aliphatic carbocycles. The number of rotatable bonds is 7. The lowest BCUT2D eigenvalue weighted by Gasteiger charge is -2.11. The summed E-state index contributed by atoms with van der Waals surface area (Å²) >= 11 is 1.12. The van der Waals surface area contributed by atoms with Crippen molar-refractivity contribution < 1.29 is 14.3 Å². The van der Waals surface area contributed by atoms with Crippen molar-refractivity contribution in [1.82, 2.24) is 19.7 Å². The smallest absolute Gasteiger partial charge is 0.262 e. The minimum Gasteiger partial charge on any atom is -0.497 e. The third kappa shape index (κ3) is 4.56. The molecule has 2 N–H and O–H groups in total. The van der Waals surface area contributed by atoms with Gasteiger partial charge in [-0.1, -0.05) is 23.9 Å². The van der Waals surface area contributed by atoms with Crippen LogP contribution in [0.3, 0.4) is 0 Å². The van der Waals surface area contributed by atoms with E-state index in [0.717, 1.165) is 28.6 Å². The fourth-order valence-electron chi connectivity index (χ4n) is 3.34. The van der Waals surface area contributed by atoms with Gasteiger partial charge < -0.3 is 19.8 Å². The number of hydrogen-bond donors (Lipinski definition) is 2. The van der Waals surface area contributed by atoms with Crippen molar-refractivity contribution in [3.05, 3.63) is 64.1 Å². The maximum Gasteiger partial charge on any atom is 0.262 e. The minimum atomic E-state index is -0.311. The molecule has 0 bridgehead atoms. The van der Waals surface area contributed by atoms with Crippen LogP contribution in [0.1, 0.15) is 11.1 Å². The van der Waals surface area contributed by atoms with Crippen molar-refractivity contribution in [2.45, 2.75) is 19.0 Å². The fourth-order valence-corrected chi connectivity index (χ4v) is 4.00. The number of hydrogen-bond acceptors (Lipinski definition) is 7. The van der Waals surface area contributed by atoms with E-state index in [9.17, 15) is 9.59 Å². The molecule has 0 spiro atoms. The topological polar surface area (TPSA) is 111 Å². The molecule has 33 heavy (non-hydrogen) atoms. The average molecular weight is 466 g/mol. The largest absolute Gasteiger partial charge is 0.497 e. The second kappa shape index (κ2) is 9.37. The second-order valence-electron chi connectivity index (χ2n) is 7.29. The predicted octanol–water partition coefficient (Wildman–Crippen LogP) is 3.47. The van der Waals surface area contributed by atoms with Gasteiger partial charge in [0.05, 0.1) is 37.5 Å². The molecule has 170 valence electrons. The van der Waals surface area contributed by atoms with Gasteiger partial charge in [-0.05, 0) is 43.2 Å². The fraction of sp³-hybridized carbons (Fsp3) is 0.217. The monoisotopic (exact) mass is 465 g/mol. The lowest BCUT2D eigenvalue weighted by atomic mass is 10.1. The van der Waals surface area contributed by atoms with Gasteiger partial charge in [-0.3, -0.25) is 9.59 Å². The van der Waals surface area contributed by atoms with Gasteiger partial charge in [-0.2, -0.15) is 5.10 Å². The van der Waals surface area contributed by atoms with Gasteiger partial charge in [0.15, 0.2) is 10.8 Å². The molecule has 1 amide bonds. The molecular weight excluding hydrogens is 442 g/mol. The van der Waals surface area contributed by atoms with Gasteiger partial charge in [0.25, 0.3) is 5.56 Å². The van der Waals surface area contributed by atoms with Gasteiger partial charge >= 0.3 is 0 Å². The summed E-state index contributed by atoms with van der Waals surface area (Å²) in [4.78, 5) is 32.4. The first kappa shape index (κ1) is 22.4. The number of fused-ring (bicyclic) bond motifs is 1. The summed E-state index contributed by atoms with van der Waals surface area (Å²) in [5, 5.41) is 7.88. The first-order valence-electron chi connectivity index (χ1n) is 10.1. The van der Waals surface area contributed by atoms with Crippen molar-refractivity contribution in [3.8, 4) is 17.2 Å². The molecular formula is C23H23N5O4S. The summed E-state index contributed by atoms with van der Waals surface area (Å²) < 4.78 is 12.1. The third-order valence-electron chi connectivity index (χ3n) is 5.24. The molecule has 10 heteroatoms. The van der Waals surface area contributed by atoms with Crippen molar-refractivity contribution >= 4 is 34.4 Å². The molecule has 0 aliphatic rings. The Morgan fingerprint density at radius 2 is 2.00 bits per heavy atom. The Morgan fingerprint density at radius 1 is 1.18 bits per heavy atom. The van der Waals surface area contributed by atoms with E-state index in [0.29, 0.717) is 33.4 Å². The Bertz CT molecular complexity index is 1400. The van der Waals surface area contributed by atoms with Crippen LogP contribution in [-0.4, -0.2) is 45.6 Å². The van der Waals surface area contributed by atoms with Gasteiger partial charge in [-0.25, -0.2) is 9.67 Å². The molecule has 0 atom stereocenters. The zero-order valence-electron chi connectivity index (χ0n) is 18.6. The number of carbonyl (C=O) groups is 1. The molecule has 0 aliphatic heterocycles. The normalized spacial score (nSPS) is 10.9. The number of H-pyrrole nitrogens is 1. The van der Waals surface area contributed by atoms with Gasteiger partial charge in [-0.15, -0.1) is 0 Å². The van der Waals surface area contributed by atoms with Crippen LogP contribution < -0.4 is 20.3 Å². The van der Waals surface area contributed by atoms with Crippen molar-refractivity contribution in [2.24, 2.45) is 0 Å². The number of methoxy groups -OCH3 is 2. The molecule has 0 saturated carbocycles. The van der Waals surface area contributed by atoms with E-state index in [2.05, 4.69) is 20.4 Å². The highest BCUT2D eigenvalue weighted by molar-refractivity contribution is 7.99. The van der Waals surface area contributed by atoms with E-state index < -0.39 is 0 Å². The number of aryl methyl sites for hydroxylation is 1. The molecule has 0 saturated heterocycles.